The molecule has 0 amide bonds. The zero-order chi connectivity index (χ0) is 16.2. The van der Waals surface area contributed by atoms with Gasteiger partial charge in [0.25, 0.3) is 0 Å². The fourth-order valence-corrected chi connectivity index (χ4v) is 3.07. The van der Waals surface area contributed by atoms with Crippen LogP contribution in [0.3, 0.4) is 0 Å². The number of rotatable bonds is 5. The SMILES string of the molecule is C[C@@H](CCc1ccccc1)N(c1ccc(O)cc1)C(C)(C)C. The highest BCUT2D eigenvalue weighted by Gasteiger charge is 2.26. The summed E-state index contributed by atoms with van der Waals surface area (Å²) in [5.74, 6) is 0.314. The Labute approximate surface area is 134 Å². The van der Waals surface area contributed by atoms with Gasteiger partial charge in [-0.15, -0.1) is 0 Å². The van der Waals surface area contributed by atoms with Crippen LogP contribution < -0.4 is 4.90 Å². The third kappa shape index (κ3) is 4.27. The van der Waals surface area contributed by atoms with E-state index < -0.39 is 0 Å². The van der Waals surface area contributed by atoms with E-state index in [-0.39, 0.29) is 5.54 Å². The summed E-state index contributed by atoms with van der Waals surface area (Å²) in [5.41, 5.74) is 2.58. The van der Waals surface area contributed by atoms with Gasteiger partial charge >= 0.3 is 0 Å². The number of aryl methyl sites for hydroxylation is 1. The van der Waals surface area contributed by atoms with E-state index >= 15 is 0 Å². The van der Waals surface area contributed by atoms with E-state index in [1.165, 1.54) is 5.56 Å². The number of benzene rings is 2. The van der Waals surface area contributed by atoms with Gasteiger partial charge in [-0.05, 0) is 70.4 Å². The van der Waals surface area contributed by atoms with Gasteiger partial charge in [-0.25, -0.2) is 0 Å². The van der Waals surface area contributed by atoms with Gasteiger partial charge in [0.15, 0.2) is 0 Å². The maximum absolute atomic E-state index is 9.51. The number of phenolic OH excluding ortho intramolecular Hbond substituents is 1. The molecular weight excluding hydrogens is 270 g/mol. The average molecular weight is 297 g/mol. The molecule has 0 unspecified atom stereocenters. The zero-order valence-corrected chi connectivity index (χ0v) is 14.1. The first-order chi connectivity index (χ1) is 10.4. The van der Waals surface area contributed by atoms with Crippen LogP contribution in [0.5, 0.6) is 5.75 Å². The fraction of sp³-hybridized carbons (Fsp3) is 0.400. The van der Waals surface area contributed by atoms with Crippen LogP contribution in [0.15, 0.2) is 54.6 Å². The minimum absolute atomic E-state index is 0.0348. The van der Waals surface area contributed by atoms with Crippen LogP contribution in [0, 0.1) is 0 Å². The molecule has 1 N–H and O–H groups in total. The minimum atomic E-state index is 0.0348. The molecule has 2 aromatic rings. The van der Waals surface area contributed by atoms with E-state index in [1.807, 2.05) is 12.1 Å². The summed E-state index contributed by atoms with van der Waals surface area (Å²) in [5, 5.41) is 9.51. The molecule has 22 heavy (non-hydrogen) atoms. The highest BCUT2D eigenvalue weighted by molar-refractivity contribution is 5.51. The molecule has 0 saturated heterocycles. The van der Waals surface area contributed by atoms with Crippen molar-refractivity contribution in [2.75, 3.05) is 4.90 Å². The van der Waals surface area contributed by atoms with Gasteiger partial charge in [0.1, 0.15) is 5.75 Å². The Kier molecular flexibility index (Phi) is 5.12. The first-order valence-corrected chi connectivity index (χ1v) is 8.00. The smallest absolute Gasteiger partial charge is 0.115 e. The van der Waals surface area contributed by atoms with Crippen LogP contribution in [-0.4, -0.2) is 16.7 Å². The molecule has 0 fully saturated rings. The standard InChI is InChI=1S/C20H27NO/c1-16(10-11-17-8-6-5-7-9-17)21(20(2,3)4)18-12-14-19(22)15-13-18/h5-9,12-16,22H,10-11H2,1-4H3/t16-/m0/s1. The molecule has 0 heterocycles. The number of phenols is 1. The number of anilines is 1. The van der Waals surface area contributed by atoms with Crippen LogP contribution in [0.2, 0.25) is 0 Å². The minimum Gasteiger partial charge on any atom is -0.508 e. The molecule has 0 aliphatic carbocycles. The van der Waals surface area contributed by atoms with Gasteiger partial charge in [-0.3, -0.25) is 0 Å². The second-order valence-corrected chi connectivity index (χ2v) is 6.93. The predicted octanol–water partition coefficient (Wildman–Crippen LogP) is 5.02. The third-order valence-corrected chi connectivity index (χ3v) is 3.98. The summed E-state index contributed by atoms with van der Waals surface area (Å²) in [4.78, 5) is 2.44. The lowest BCUT2D eigenvalue weighted by atomic mass is 9.98. The van der Waals surface area contributed by atoms with Crippen LogP contribution >= 0.6 is 0 Å². The maximum atomic E-state index is 9.51. The molecule has 2 nitrogen and oxygen atoms in total. The lowest BCUT2D eigenvalue weighted by molar-refractivity contribution is 0.435. The van der Waals surface area contributed by atoms with E-state index in [9.17, 15) is 5.11 Å². The van der Waals surface area contributed by atoms with Gasteiger partial charge in [0, 0.05) is 17.3 Å². The Hall–Kier alpha value is -1.96. The Bertz CT molecular complexity index is 569. The first-order valence-electron chi connectivity index (χ1n) is 8.00. The molecule has 0 spiro atoms. The van der Waals surface area contributed by atoms with E-state index in [0.717, 1.165) is 18.5 Å². The maximum Gasteiger partial charge on any atom is 0.115 e. The molecule has 2 heteroatoms. The molecule has 2 rings (SSSR count). The summed E-state index contributed by atoms with van der Waals surface area (Å²) in [6, 6.07) is 18.6. The van der Waals surface area contributed by atoms with Gasteiger partial charge < -0.3 is 10.0 Å². The summed E-state index contributed by atoms with van der Waals surface area (Å²) in [6.07, 6.45) is 2.18. The monoisotopic (exact) mass is 297 g/mol. The van der Waals surface area contributed by atoms with Crippen LogP contribution in [-0.2, 0) is 6.42 Å². The molecule has 0 radical (unpaired) electrons. The van der Waals surface area contributed by atoms with Crippen molar-refractivity contribution in [3.63, 3.8) is 0 Å². The van der Waals surface area contributed by atoms with Crippen molar-refractivity contribution in [3.8, 4) is 5.75 Å². The highest BCUT2D eigenvalue weighted by atomic mass is 16.3. The van der Waals surface area contributed by atoms with Crippen LogP contribution in [0.4, 0.5) is 5.69 Å². The fourth-order valence-electron chi connectivity index (χ4n) is 3.07. The molecule has 0 aromatic heterocycles. The molecule has 0 aliphatic heterocycles. The molecule has 2 aromatic carbocycles. The van der Waals surface area contributed by atoms with E-state index in [2.05, 4.69) is 62.9 Å². The molecule has 0 saturated carbocycles. The molecule has 118 valence electrons. The van der Waals surface area contributed by atoms with Crippen molar-refractivity contribution in [1.82, 2.24) is 0 Å². The van der Waals surface area contributed by atoms with Crippen molar-refractivity contribution in [3.05, 3.63) is 60.2 Å². The first kappa shape index (κ1) is 16.4. The third-order valence-electron chi connectivity index (χ3n) is 3.98. The number of aromatic hydroxyl groups is 1. The number of hydrogen-bond donors (Lipinski definition) is 1. The van der Waals surface area contributed by atoms with Gasteiger partial charge in [-0.1, -0.05) is 30.3 Å². The van der Waals surface area contributed by atoms with Gasteiger partial charge in [0.05, 0.1) is 0 Å². The molecular formula is C20H27NO. The van der Waals surface area contributed by atoms with Crippen molar-refractivity contribution < 1.29 is 5.11 Å². The normalized spacial score (nSPS) is 12.9. The van der Waals surface area contributed by atoms with Gasteiger partial charge in [0.2, 0.25) is 0 Å². The quantitative estimate of drug-likeness (QED) is 0.837. The Morgan fingerprint density at radius 2 is 1.55 bits per heavy atom. The Morgan fingerprint density at radius 3 is 2.09 bits per heavy atom. The Balaban J connectivity index is 2.13. The molecule has 0 bridgehead atoms. The second kappa shape index (κ2) is 6.87. The number of nitrogens with zero attached hydrogens (tertiary/aromatic N) is 1. The highest BCUT2D eigenvalue weighted by Crippen LogP contribution is 2.29. The summed E-state index contributed by atoms with van der Waals surface area (Å²) in [7, 11) is 0. The Morgan fingerprint density at radius 1 is 0.955 bits per heavy atom. The average Bonchev–Trinajstić information content (AvgIpc) is 2.47. The molecule has 1 atom stereocenters. The van der Waals surface area contributed by atoms with Crippen molar-refractivity contribution in [1.29, 1.82) is 0 Å². The lowest BCUT2D eigenvalue weighted by Crippen LogP contribution is -2.47. The van der Waals surface area contributed by atoms with Gasteiger partial charge in [-0.2, -0.15) is 0 Å². The summed E-state index contributed by atoms with van der Waals surface area (Å²) in [6.45, 7) is 8.98. The lowest BCUT2D eigenvalue weighted by Gasteiger charge is -2.42. The summed E-state index contributed by atoms with van der Waals surface area (Å²) < 4.78 is 0. The molecule has 0 aliphatic rings. The van der Waals surface area contributed by atoms with Crippen LogP contribution in [0.25, 0.3) is 0 Å². The van der Waals surface area contributed by atoms with E-state index in [0.29, 0.717) is 11.8 Å². The van der Waals surface area contributed by atoms with E-state index in [4.69, 9.17) is 0 Å². The largest absolute Gasteiger partial charge is 0.508 e. The summed E-state index contributed by atoms with van der Waals surface area (Å²) >= 11 is 0. The van der Waals surface area contributed by atoms with Crippen molar-refractivity contribution in [2.24, 2.45) is 0 Å². The number of hydrogen-bond acceptors (Lipinski definition) is 2. The zero-order valence-electron chi connectivity index (χ0n) is 14.1. The van der Waals surface area contributed by atoms with Crippen LogP contribution in [0.1, 0.15) is 39.7 Å². The van der Waals surface area contributed by atoms with Crippen molar-refractivity contribution >= 4 is 5.69 Å². The second-order valence-electron chi connectivity index (χ2n) is 6.93. The predicted molar refractivity (Wildman–Crippen MR) is 94.6 cm³/mol. The van der Waals surface area contributed by atoms with E-state index in [1.54, 1.807) is 12.1 Å². The van der Waals surface area contributed by atoms with Crippen molar-refractivity contribution in [2.45, 2.75) is 52.1 Å². The topological polar surface area (TPSA) is 23.5 Å².